The molecule has 0 N–H and O–H groups in total. The molecule has 0 aliphatic heterocycles. The molecular weight excluding hydrogens is 721 g/mol. The van der Waals surface area contributed by atoms with Gasteiger partial charge >= 0.3 is 17.9 Å². The summed E-state index contributed by atoms with van der Waals surface area (Å²) in [6.45, 7) is 11.4. The SMILES string of the molecule is CCCCCCCCCCCCCC(=O)O[C@H](COC(=O)CCCCCCCCCCCCCCCCC(C)CC)COC(=O)CCCCCCCCCCC(C)C. The summed E-state index contributed by atoms with van der Waals surface area (Å²) in [5.74, 6) is 0.841. The lowest BCUT2D eigenvalue weighted by atomic mass is 9.99. The molecule has 0 aromatic heterocycles. The summed E-state index contributed by atoms with van der Waals surface area (Å²) >= 11 is 0. The first-order chi connectivity index (χ1) is 28.3. The lowest BCUT2D eigenvalue weighted by Gasteiger charge is -2.18. The van der Waals surface area contributed by atoms with E-state index < -0.39 is 6.10 Å². The summed E-state index contributed by atoms with van der Waals surface area (Å²) in [5, 5.41) is 0. The summed E-state index contributed by atoms with van der Waals surface area (Å²) < 4.78 is 16.8. The zero-order chi connectivity index (χ0) is 42.6. The molecule has 0 heterocycles. The first-order valence-corrected chi connectivity index (χ1v) is 25.8. The van der Waals surface area contributed by atoms with Gasteiger partial charge in [0.25, 0.3) is 0 Å². The van der Waals surface area contributed by atoms with Crippen LogP contribution in [0.15, 0.2) is 0 Å². The Morgan fingerprint density at radius 1 is 0.362 bits per heavy atom. The van der Waals surface area contributed by atoms with Crippen molar-refractivity contribution in [2.75, 3.05) is 13.2 Å². The van der Waals surface area contributed by atoms with Gasteiger partial charge in [0.15, 0.2) is 6.10 Å². The third-order valence-electron chi connectivity index (χ3n) is 12.1. The molecule has 0 spiro atoms. The molecule has 6 nitrogen and oxygen atoms in total. The quantitative estimate of drug-likeness (QED) is 0.0346. The molecule has 0 amide bonds. The highest BCUT2D eigenvalue weighted by Gasteiger charge is 2.19. The van der Waals surface area contributed by atoms with Gasteiger partial charge in [-0.05, 0) is 31.1 Å². The molecule has 2 atom stereocenters. The Bertz CT molecular complexity index is 887. The van der Waals surface area contributed by atoms with Crippen molar-refractivity contribution in [1.29, 1.82) is 0 Å². The van der Waals surface area contributed by atoms with E-state index in [1.54, 1.807) is 0 Å². The van der Waals surface area contributed by atoms with E-state index in [-0.39, 0.29) is 31.1 Å². The summed E-state index contributed by atoms with van der Waals surface area (Å²) in [4.78, 5) is 37.9. The molecule has 0 saturated carbocycles. The van der Waals surface area contributed by atoms with Gasteiger partial charge < -0.3 is 14.2 Å². The Labute approximate surface area is 361 Å². The fraction of sp³-hybridized carbons (Fsp3) is 0.942. The van der Waals surface area contributed by atoms with Crippen LogP contribution >= 0.6 is 0 Å². The number of ether oxygens (including phenoxy) is 3. The second kappa shape index (κ2) is 44.9. The van der Waals surface area contributed by atoms with Crippen molar-refractivity contribution in [2.24, 2.45) is 11.8 Å². The molecule has 1 unspecified atom stereocenters. The molecule has 0 radical (unpaired) electrons. The van der Waals surface area contributed by atoms with Crippen LogP contribution in [0, 0.1) is 11.8 Å². The highest BCUT2D eigenvalue weighted by Crippen LogP contribution is 2.18. The molecule has 0 aliphatic rings. The lowest BCUT2D eigenvalue weighted by Crippen LogP contribution is -2.30. The number of esters is 3. The van der Waals surface area contributed by atoms with Crippen LogP contribution in [0.2, 0.25) is 0 Å². The van der Waals surface area contributed by atoms with E-state index in [1.807, 2.05) is 0 Å². The Morgan fingerprint density at radius 3 is 0.983 bits per heavy atom. The molecule has 0 aliphatic carbocycles. The number of carbonyl (C=O) groups excluding carboxylic acids is 3. The van der Waals surface area contributed by atoms with Crippen LogP contribution in [0.4, 0.5) is 0 Å². The van der Waals surface area contributed by atoms with Gasteiger partial charge in [0, 0.05) is 19.3 Å². The van der Waals surface area contributed by atoms with E-state index in [4.69, 9.17) is 14.2 Å². The van der Waals surface area contributed by atoms with Crippen LogP contribution in [-0.4, -0.2) is 37.2 Å². The minimum Gasteiger partial charge on any atom is -0.462 e. The molecule has 6 heteroatoms. The molecule has 58 heavy (non-hydrogen) atoms. The van der Waals surface area contributed by atoms with E-state index in [2.05, 4.69) is 34.6 Å². The van der Waals surface area contributed by atoms with E-state index in [1.165, 1.54) is 173 Å². The van der Waals surface area contributed by atoms with Crippen LogP contribution < -0.4 is 0 Å². The Hall–Kier alpha value is -1.59. The Kier molecular flexibility index (Phi) is 43.7. The number of hydrogen-bond acceptors (Lipinski definition) is 6. The molecule has 0 bridgehead atoms. The standard InChI is InChI=1S/C52H100O6/c1-6-8-9-10-11-12-17-22-29-34-39-44-52(55)58-49(46-57-51(54)43-38-33-28-24-23-25-30-35-40-47(3)4)45-56-50(53)42-37-32-27-21-19-16-14-13-15-18-20-26-31-36-41-48(5)7-2/h47-49H,6-46H2,1-5H3/t48?,49-/m1/s1. The van der Waals surface area contributed by atoms with E-state index >= 15 is 0 Å². The van der Waals surface area contributed by atoms with E-state index in [0.29, 0.717) is 19.3 Å². The van der Waals surface area contributed by atoms with Gasteiger partial charge in [0.2, 0.25) is 0 Å². The third-order valence-corrected chi connectivity index (χ3v) is 12.1. The molecule has 344 valence electrons. The van der Waals surface area contributed by atoms with Crippen molar-refractivity contribution in [3.8, 4) is 0 Å². The first-order valence-electron chi connectivity index (χ1n) is 25.8. The van der Waals surface area contributed by atoms with E-state index in [9.17, 15) is 14.4 Å². The molecule has 0 fully saturated rings. The maximum absolute atomic E-state index is 12.7. The highest BCUT2D eigenvalue weighted by molar-refractivity contribution is 5.71. The van der Waals surface area contributed by atoms with Gasteiger partial charge in [-0.25, -0.2) is 0 Å². The normalized spacial score (nSPS) is 12.5. The first kappa shape index (κ1) is 56.4. The molecule has 0 saturated heterocycles. The van der Waals surface area contributed by atoms with Gasteiger partial charge in [0.1, 0.15) is 13.2 Å². The highest BCUT2D eigenvalue weighted by atomic mass is 16.6. The largest absolute Gasteiger partial charge is 0.462 e. The van der Waals surface area contributed by atoms with Crippen molar-refractivity contribution >= 4 is 17.9 Å². The average molecular weight is 821 g/mol. The van der Waals surface area contributed by atoms with Gasteiger partial charge in [-0.15, -0.1) is 0 Å². The molecule has 0 aromatic rings. The summed E-state index contributed by atoms with van der Waals surface area (Å²) in [6, 6.07) is 0. The van der Waals surface area contributed by atoms with Crippen molar-refractivity contribution in [3.63, 3.8) is 0 Å². The molecular formula is C52H100O6. The van der Waals surface area contributed by atoms with Crippen molar-refractivity contribution in [1.82, 2.24) is 0 Å². The predicted molar refractivity (Wildman–Crippen MR) is 247 cm³/mol. The Morgan fingerprint density at radius 2 is 0.655 bits per heavy atom. The monoisotopic (exact) mass is 821 g/mol. The summed E-state index contributed by atoms with van der Waals surface area (Å²) in [5.41, 5.74) is 0. The third kappa shape index (κ3) is 44.0. The average Bonchev–Trinajstić information content (AvgIpc) is 3.21. The van der Waals surface area contributed by atoms with Gasteiger partial charge in [0.05, 0.1) is 0 Å². The van der Waals surface area contributed by atoms with Crippen LogP contribution in [0.5, 0.6) is 0 Å². The minimum atomic E-state index is -0.761. The fourth-order valence-corrected chi connectivity index (χ4v) is 7.78. The second-order valence-electron chi connectivity index (χ2n) is 18.5. The maximum Gasteiger partial charge on any atom is 0.306 e. The van der Waals surface area contributed by atoms with Gasteiger partial charge in [-0.3, -0.25) is 14.4 Å². The minimum absolute atomic E-state index is 0.0640. The van der Waals surface area contributed by atoms with Crippen LogP contribution in [0.3, 0.4) is 0 Å². The smallest absolute Gasteiger partial charge is 0.306 e. The Balaban J connectivity index is 4.26. The van der Waals surface area contributed by atoms with Gasteiger partial charge in [-0.2, -0.15) is 0 Å². The van der Waals surface area contributed by atoms with Crippen LogP contribution in [0.1, 0.15) is 285 Å². The fourth-order valence-electron chi connectivity index (χ4n) is 7.78. The lowest BCUT2D eigenvalue weighted by molar-refractivity contribution is -0.167. The zero-order valence-electron chi connectivity index (χ0n) is 39.7. The van der Waals surface area contributed by atoms with Crippen molar-refractivity contribution < 1.29 is 28.6 Å². The van der Waals surface area contributed by atoms with Crippen LogP contribution in [0.25, 0.3) is 0 Å². The summed E-state index contributed by atoms with van der Waals surface area (Å²) in [7, 11) is 0. The van der Waals surface area contributed by atoms with Crippen molar-refractivity contribution in [2.45, 2.75) is 291 Å². The number of hydrogen-bond donors (Lipinski definition) is 0. The predicted octanol–water partition coefficient (Wildman–Crippen LogP) is 16.5. The number of carbonyl (C=O) groups is 3. The molecule has 0 aromatic carbocycles. The van der Waals surface area contributed by atoms with Crippen LogP contribution in [-0.2, 0) is 28.6 Å². The number of rotatable bonds is 46. The summed E-state index contributed by atoms with van der Waals surface area (Å²) in [6.07, 6.45) is 45.1. The number of unbranched alkanes of at least 4 members (excludes halogenated alkanes) is 30. The zero-order valence-corrected chi connectivity index (χ0v) is 39.7. The van der Waals surface area contributed by atoms with Gasteiger partial charge in [-0.1, -0.05) is 247 Å². The molecule has 0 rings (SSSR count). The maximum atomic E-state index is 12.7. The second-order valence-corrected chi connectivity index (χ2v) is 18.5. The topological polar surface area (TPSA) is 78.9 Å². The van der Waals surface area contributed by atoms with Crippen molar-refractivity contribution in [3.05, 3.63) is 0 Å². The van der Waals surface area contributed by atoms with E-state index in [0.717, 1.165) is 69.6 Å².